The van der Waals surface area contributed by atoms with Crippen molar-refractivity contribution in [1.82, 2.24) is 20.0 Å². The lowest BCUT2D eigenvalue weighted by Gasteiger charge is -2.10. The summed E-state index contributed by atoms with van der Waals surface area (Å²) in [6, 6.07) is 5.80. The van der Waals surface area contributed by atoms with E-state index < -0.39 is 0 Å². The average Bonchev–Trinajstić information content (AvgIpc) is 3.12. The number of aryl methyl sites for hydroxylation is 1. The number of methoxy groups -OCH3 is 1. The van der Waals surface area contributed by atoms with Crippen molar-refractivity contribution in [1.29, 1.82) is 0 Å². The first kappa shape index (κ1) is 14.0. The number of carbonyl (C=O) groups excluding carboxylic acids is 1. The van der Waals surface area contributed by atoms with E-state index in [0.717, 1.165) is 23.6 Å². The number of amides is 1. The molecule has 2 aromatic heterocycles. The number of pyridine rings is 1. The zero-order chi connectivity index (χ0) is 14.8. The van der Waals surface area contributed by atoms with Crippen molar-refractivity contribution in [2.24, 2.45) is 0 Å². The van der Waals surface area contributed by atoms with Crippen molar-refractivity contribution in [2.45, 2.75) is 32.0 Å². The third kappa shape index (κ3) is 2.91. The molecule has 3 heterocycles. The Labute approximate surface area is 123 Å². The van der Waals surface area contributed by atoms with E-state index in [9.17, 15) is 4.79 Å². The van der Waals surface area contributed by atoms with Crippen LogP contribution in [0.3, 0.4) is 0 Å². The number of aromatic nitrogens is 2. The summed E-state index contributed by atoms with van der Waals surface area (Å²) < 4.78 is 7.27. The Balaban J connectivity index is 1.61. The first-order valence-electron chi connectivity index (χ1n) is 7.15. The molecule has 2 atom stereocenters. The molecule has 0 aliphatic carbocycles. The highest BCUT2D eigenvalue weighted by Crippen LogP contribution is 2.11. The molecule has 3 rings (SSSR count). The summed E-state index contributed by atoms with van der Waals surface area (Å²) in [6.45, 7) is 3.20. The largest absolute Gasteiger partial charge is 0.380 e. The Hall–Kier alpha value is -1.92. The number of carbonyl (C=O) groups is 1. The monoisotopic (exact) mass is 288 g/mol. The maximum atomic E-state index is 12.1. The minimum absolute atomic E-state index is 0.00308. The summed E-state index contributed by atoms with van der Waals surface area (Å²) in [5, 5.41) is 6.10. The van der Waals surface area contributed by atoms with Crippen LogP contribution in [0.1, 0.15) is 17.8 Å². The van der Waals surface area contributed by atoms with E-state index in [0.29, 0.717) is 13.0 Å². The van der Waals surface area contributed by atoms with Crippen LogP contribution >= 0.6 is 0 Å². The van der Waals surface area contributed by atoms with Crippen LogP contribution in [0.25, 0.3) is 5.65 Å². The molecule has 1 saturated heterocycles. The molecule has 2 N–H and O–H groups in total. The van der Waals surface area contributed by atoms with Gasteiger partial charge in [0.25, 0.3) is 0 Å². The summed E-state index contributed by atoms with van der Waals surface area (Å²) in [7, 11) is 1.67. The molecule has 0 radical (unpaired) electrons. The van der Waals surface area contributed by atoms with Gasteiger partial charge in [0.2, 0.25) is 5.91 Å². The van der Waals surface area contributed by atoms with Gasteiger partial charge in [-0.25, -0.2) is 4.98 Å². The summed E-state index contributed by atoms with van der Waals surface area (Å²) >= 11 is 0. The van der Waals surface area contributed by atoms with E-state index in [2.05, 4.69) is 15.6 Å². The second kappa shape index (κ2) is 5.83. The van der Waals surface area contributed by atoms with Crippen LogP contribution in [-0.2, 0) is 16.1 Å². The molecule has 6 nitrogen and oxygen atoms in total. The van der Waals surface area contributed by atoms with Gasteiger partial charge in [-0.2, -0.15) is 0 Å². The van der Waals surface area contributed by atoms with E-state index >= 15 is 0 Å². The summed E-state index contributed by atoms with van der Waals surface area (Å²) in [5.41, 5.74) is 2.88. The molecule has 0 unspecified atom stereocenters. The highest BCUT2D eigenvalue weighted by Gasteiger charge is 2.29. The molecule has 0 spiro atoms. The molecule has 1 aliphatic heterocycles. The summed E-state index contributed by atoms with van der Waals surface area (Å²) in [6.07, 6.45) is 2.80. The van der Waals surface area contributed by atoms with E-state index in [4.69, 9.17) is 4.74 Å². The zero-order valence-corrected chi connectivity index (χ0v) is 12.3. The number of imidazole rings is 1. The fourth-order valence-corrected chi connectivity index (χ4v) is 2.67. The van der Waals surface area contributed by atoms with E-state index in [1.54, 1.807) is 7.11 Å². The van der Waals surface area contributed by atoms with Gasteiger partial charge in [0, 0.05) is 25.5 Å². The molecule has 1 amide bonds. The lowest BCUT2D eigenvalue weighted by Crippen LogP contribution is -2.40. The summed E-state index contributed by atoms with van der Waals surface area (Å²) in [5.74, 6) is 0.00308. The number of ether oxygens (including phenoxy) is 1. The predicted octanol–water partition coefficient (Wildman–Crippen LogP) is 0.636. The van der Waals surface area contributed by atoms with Crippen molar-refractivity contribution < 1.29 is 9.53 Å². The van der Waals surface area contributed by atoms with Crippen LogP contribution < -0.4 is 10.6 Å². The number of hydrogen-bond donors (Lipinski definition) is 2. The van der Waals surface area contributed by atoms with Crippen LogP contribution in [-0.4, -0.2) is 41.1 Å². The predicted molar refractivity (Wildman–Crippen MR) is 79.0 cm³/mol. The number of rotatable bonds is 4. The molecule has 1 aliphatic rings. The zero-order valence-electron chi connectivity index (χ0n) is 12.3. The average molecular weight is 288 g/mol. The molecule has 112 valence electrons. The second-order valence-electron chi connectivity index (χ2n) is 5.40. The Kier molecular flexibility index (Phi) is 3.90. The lowest BCUT2D eigenvalue weighted by molar-refractivity contribution is -0.123. The fourth-order valence-electron chi connectivity index (χ4n) is 2.67. The van der Waals surface area contributed by atoms with Gasteiger partial charge < -0.3 is 19.8 Å². The number of nitrogens with one attached hydrogen (secondary N) is 2. The smallest absolute Gasteiger partial charge is 0.237 e. The quantitative estimate of drug-likeness (QED) is 0.866. The van der Waals surface area contributed by atoms with Crippen LogP contribution in [0, 0.1) is 6.92 Å². The molecule has 0 aromatic carbocycles. The van der Waals surface area contributed by atoms with E-state index in [1.165, 1.54) is 0 Å². The third-order valence-electron chi connectivity index (χ3n) is 3.93. The van der Waals surface area contributed by atoms with Gasteiger partial charge in [0.05, 0.1) is 24.4 Å². The lowest BCUT2D eigenvalue weighted by atomic mass is 10.2. The Morgan fingerprint density at radius 1 is 1.57 bits per heavy atom. The maximum Gasteiger partial charge on any atom is 0.237 e. The van der Waals surface area contributed by atoms with Gasteiger partial charge in [0.1, 0.15) is 5.65 Å². The Bertz CT molecular complexity index is 652. The normalized spacial score (nSPS) is 21.8. The van der Waals surface area contributed by atoms with E-state index in [1.807, 2.05) is 35.7 Å². The Morgan fingerprint density at radius 2 is 2.43 bits per heavy atom. The van der Waals surface area contributed by atoms with Crippen molar-refractivity contribution in [2.75, 3.05) is 13.7 Å². The second-order valence-corrected chi connectivity index (χ2v) is 5.40. The molecule has 0 saturated carbocycles. The Morgan fingerprint density at radius 3 is 3.14 bits per heavy atom. The molecular weight excluding hydrogens is 268 g/mol. The molecular formula is C15H20N4O2. The van der Waals surface area contributed by atoms with Gasteiger partial charge in [-0.3, -0.25) is 4.79 Å². The standard InChI is InChI=1S/C15H20N4O2/c1-10-4-3-5-14-18-11(9-19(10)14)7-17-15(20)13-6-12(21-2)8-16-13/h3-5,9,12-13,16H,6-8H2,1-2H3,(H,17,20)/t12-,13-/m0/s1. The van der Waals surface area contributed by atoms with Crippen LogP contribution in [0.2, 0.25) is 0 Å². The number of hydrogen-bond acceptors (Lipinski definition) is 4. The van der Waals surface area contributed by atoms with Crippen molar-refractivity contribution in [3.8, 4) is 0 Å². The molecule has 21 heavy (non-hydrogen) atoms. The number of fused-ring (bicyclic) bond motifs is 1. The van der Waals surface area contributed by atoms with Gasteiger partial charge in [-0.05, 0) is 25.5 Å². The number of nitrogens with zero attached hydrogens (tertiary/aromatic N) is 2. The minimum atomic E-state index is -0.172. The molecule has 2 aromatic rings. The molecule has 6 heteroatoms. The fraction of sp³-hybridized carbons (Fsp3) is 0.467. The van der Waals surface area contributed by atoms with E-state index in [-0.39, 0.29) is 18.1 Å². The van der Waals surface area contributed by atoms with Gasteiger partial charge in [-0.15, -0.1) is 0 Å². The highest BCUT2D eigenvalue weighted by molar-refractivity contribution is 5.82. The molecule has 0 bridgehead atoms. The van der Waals surface area contributed by atoms with Gasteiger partial charge in [-0.1, -0.05) is 6.07 Å². The third-order valence-corrected chi connectivity index (χ3v) is 3.93. The van der Waals surface area contributed by atoms with Crippen molar-refractivity contribution >= 4 is 11.6 Å². The van der Waals surface area contributed by atoms with Crippen LogP contribution in [0.15, 0.2) is 24.4 Å². The van der Waals surface area contributed by atoms with Crippen molar-refractivity contribution in [3.63, 3.8) is 0 Å². The maximum absolute atomic E-state index is 12.1. The first-order chi connectivity index (χ1) is 10.2. The van der Waals surface area contributed by atoms with Crippen molar-refractivity contribution in [3.05, 3.63) is 35.8 Å². The minimum Gasteiger partial charge on any atom is -0.380 e. The van der Waals surface area contributed by atoms with Crippen LogP contribution in [0.5, 0.6) is 0 Å². The first-order valence-corrected chi connectivity index (χ1v) is 7.15. The molecule has 1 fully saturated rings. The van der Waals surface area contributed by atoms with Crippen LogP contribution in [0.4, 0.5) is 0 Å². The highest BCUT2D eigenvalue weighted by atomic mass is 16.5. The topological polar surface area (TPSA) is 67.7 Å². The van der Waals surface area contributed by atoms with Gasteiger partial charge >= 0.3 is 0 Å². The van der Waals surface area contributed by atoms with Gasteiger partial charge in [0.15, 0.2) is 0 Å². The SMILES string of the molecule is CO[C@@H]1CN[C@H](C(=O)NCc2cn3c(C)cccc3n2)C1. The summed E-state index contributed by atoms with van der Waals surface area (Å²) in [4.78, 5) is 16.6.